The minimum Gasteiger partial charge on any atom is -0.462 e. The first-order valence-electron chi connectivity index (χ1n) is 4.21. The Balaban J connectivity index is 2.47. The van der Waals surface area contributed by atoms with E-state index >= 15 is 0 Å². The van der Waals surface area contributed by atoms with Crippen molar-refractivity contribution in [3.8, 4) is 0 Å². The van der Waals surface area contributed by atoms with Gasteiger partial charge in [-0.05, 0) is 17.2 Å². The average molecular weight is 178 g/mol. The Bertz CT molecular complexity index is 344. The summed E-state index contributed by atoms with van der Waals surface area (Å²) in [5.74, 6) is -0.281. The summed E-state index contributed by atoms with van der Waals surface area (Å²) >= 11 is 0. The number of ether oxygens (including phenoxy) is 1. The first-order valence-corrected chi connectivity index (χ1v) is 4.21. The number of cyclic esters (lactones) is 1. The van der Waals surface area contributed by atoms with Gasteiger partial charge in [-0.1, -0.05) is 12.1 Å². The molecule has 1 aliphatic heterocycles. The summed E-state index contributed by atoms with van der Waals surface area (Å²) in [5, 5.41) is 8.87. The lowest BCUT2D eigenvalue weighted by Crippen LogP contribution is -2.17. The Morgan fingerprint density at radius 2 is 2.31 bits per heavy atom. The molecule has 0 unspecified atom stereocenters. The molecule has 3 heteroatoms. The van der Waals surface area contributed by atoms with Crippen LogP contribution < -0.4 is 0 Å². The highest BCUT2D eigenvalue weighted by molar-refractivity contribution is 5.92. The van der Waals surface area contributed by atoms with Crippen LogP contribution in [0.4, 0.5) is 0 Å². The van der Waals surface area contributed by atoms with Crippen molar-refractivity contribution in [2.45, 2.75) is 13.0 Å². The van der Waals surface area contributed by atoms with Crippen LogP contribution in [-0.4, -0.2) is 17.7 Å². The van der Waals surface area contributed by atoms with Crippen molar-refractivity contribution in [1.82, 2.24) is 0 Å². The van der Waals surface area contributed by atoms with Gasteiger partial charge >= 0.3 is 5.97 Å². The van der Waals surface area contributed by atoms with Crippen LogP contribution >= 0.6 is 0 Å². The molecule has 0 radical (unpaired) electrons. The molecule has 1 aromatic rings. The predicted molar refractivity (Wildman–Crippen MR) is 46.4 cm³/mol. The molecular weight excluding hydrogens is 168 g/mol. The quantitative estimate of drug-likeness (QED) is 0.650. The number of carbonyl (C=O) groups is 1. The molecule has 1 N–H and O–H groups in total. The van der Waals surface area contributed by atoms with Crippen LogP contribution in [0.3, 0.4) is 0 Å². The highest BCUT2D eigenvalue weighted by Crippen LogP contribution is 2.18. The van der Waals surface area contributed by atoms with Gasteiger partial charge in [0.05, 0.1) is 18.8 Å². The second-order valence-electron chi connectivity index (χ2n) is 3.04. The third-order valence-corrected chi connectivity index (χ3v) is 2.18. The van der Waals surface area contributed by atoms with Gasteiger partial charge in [0.1, 0.15) is 0 Å². The average Bonchev–Trinajstić information content (AvgIpc) is 2.18. The summed E-state index contributed by atoms with van der Waals surface area (Å²) in [6, 6.07) is 5.40. The lowest BCUT2D eigenvalue weighted by atomic mass is 10.0. The molecular formula is C10H10O3. The number of aliphatic hydroxyl groups excluding tert-OH is 1. The van der Waals surface area contributed by atoms with Crippen molar-refractivity contribution in [1.29, 1.82) is 0 Å². The second kappa shape index (κ2) is 3.18. The number of esters is 1. The Labute approximate surface area is 76.0 Å². The van der Waals surface area contributed by atoms with Crippen molar-refractivity contribution in [3.63, 3.8) is 0 Å². The van der Waals surface area contributed by atoms with E-state index < -0.39 is 0 Å². The first-order chi connectivity index (χ1) is 6.31. The fourth-order valence-corrected chi connectivity index (χ4v) is 1.46. The summed E-state index contributed by atoms with van der Waals surface area (Å²) in [7, 11) is 0. The summed E-state index contributed by atoms with van der Waals surface area (Å²) in [6.45, 7) is 0.421. The third kappa shape index (κ3) is 1.42. The minimum atomic E-state index is -0.281. The third-order valence-electron chi connectivity index (χ3n) is 2.18. The summed E-state index contributed by atoms with van der Waals surface area (Å²) < 4.78 is 4.88. The molecule has 2 rings (SSSR count). The van der Waals surface area contributed by atoms with Crippen molar-refractivity contribution < 1.29 is 14.6 Å². The molecule has 0 saturated heterocycles. The molecule has 0 aliphatic carbocycles. The van der Waals surface area contributed by atoms with E-state index in [9.17, 15) is 4.79 Å². The standard InChI is InChI=1S/C10H10O3/c11-6-7-1-2-8-3-4-13-10(12)9(8)5-7/h1-2,5,11H,3-4,6H2. The van der Waals surface area contributed by atoms with E-state index in [2.05, 4.69) is 0 Å². The Morgan fingerprint density at radius 1 is 1.46 bits per heavy atom. The lowest BCUT2D eigenvalue weighted by Gasteiger charge is -2.15. The van der Waals surface area contributed by atoms with Gasteiger partial charge in [-0.3, -0.25) is 0 Å². The van der Waals surface area contributed by atoms with E-state index in [1.54, 1.807) is 6.07 Å². The summed E-state index contributed by atoms with van der Waals surface area (Å²) in [4.78, 5) is 11.2. The molecule has 3 nitrogen and oxygen atoms in total. The van der Waals surface area contributed by atoms with Crippen molar-refractivity contribution in [2.75, 3.05) is 6.61 Å². The predicted octanol–water partition coefficient (Wildman–Crippen LogP) is 0.892. The number of aliphatic hydroxyl groups is 1. The molecule has 0 atom stereocenters. The molecule has 0 saturated carbocycles. The lowest BCUT2D eigenvalue weighted by molar-refractivity contribution is 0.0480. The Morgan fingerprint density at radius 3 is 3.08 bits per heavy atom. The molecule has 0 spiro atoms. The van der Waals surface area contributed by atoms with Crippen LogP contribution in [0.25, 0.3) is 0 Å². The molecule has 1 heterocycles. The molecule has 1 aromatic carbocycles. The highest BCUT2D eigenvalue weighted by atomic mass is 16.5. The maximum atomic E-state index is 11.2. The second-order valence-corrected chi connectivity index (χ2v) is 3.04. The minimum absolute atomic E-state index is 0.0411. The van der Waals surface area contributed by atoms with Gasteiger partial charge in [-0.15, -0.1) is 0 Å². The van der Waals surface area contributed by atoms with Crippen LogP contribution in [0.15, 0.2) is 18.2 Å². The molecule has 13 heavy (non-hydrogen) atoms. The summed E-state index contributed by atoms with van der Waals surface area (Å²) in [6.07, 6.45) is 0.771. The van der Waals surface area contributed by atoms with Crippen LogP contribution in [0.2, 0.25) is 0 Å². The van der Waals surface area contributed by atoms with Gasteiger partial charge < -0.3 is 9.84 Å². The van der Waals surface area contributed by atoms with Gasteiger partial charge in [0, 0.05) is 6.42 Å². The molecule has 1 aliphatic rings. The smallest absolute Gasteiger partial charge is 0.338 e. The maximum absolute atomic E-state index is 11.2. The Kier molecular flexibility index (Phi) is 2.02. The van der Waals surface area contributed by atoms with Crippen molar-refractivity contribution in [2.24, 2.45) is 0 Å². The molecule has 0 aromatic heterocycles. The molecule has 0 amide bonds. The van der Waals surface area contributed by atoms with Crippen LogP contribution in [0, 0.1) is 0 Å². The number of benzene rings is 1. The van der Waals surface area contributed by atoms with Crippen LogP contribution in [-0.2, 0) is 17.8 Å². The topological polar surface area (TPSA) is 46.5 Å². The van der Waals surface area contributed by atoms with E-state index in [1.165, 1.54) is 0 Å². The number of fused-ring (bicyclic) bond motifs is 1. The molecule has 0 fully saturated rings. The van der Waals surface area contributed by atoms with E-state index in [-0.39, 0.29) is 12.6 Å². The molecule has 0 bridgehead atoms. The number of rotatable bonds is 1. The summed E-state index contributed by atoms with van der Waals surface area (Å²) in [5.41, 5.74) is 2.35. The van der Waals surface area contributed by atoms with Crippen LogP contribution in [0.1, 0.15) is 21.5 Å². The normalized spacial score (nSPS) is 15.0. The maximum Gasteiger partial charge on any atom is 0.338 e. The highest BCUT2D eigenvalue weighted by Gasteiger charge is 2.18. The molecule has 68 valence electrons. The van der Waals surface area contributed by atoms with Gasteiger partial charge in [0.15, 0.2) is 0 Å². The Hall–Kier alpha value is -1.35. The van der Waals surface area contributed by atoms with Crippen molar-refractivity contribution >= 4 is 5.97 Å². The first kappa shape index (κ1) is 8.26. The van der Waals surface area contributed by atoms with Gasteiger partial charge in [-0.2, -0.15) is 0 Å². The fraction of sp³-hybridized carbons (Fsp3) is 0.300. The zero-order valence-electron chi connectivity index (χ0n) is 7.12. The number of carbonyl (C=O) groups excluding carboxylic acids is 1. The van der Waals surface area contributed by atoms with E-state index in [0.29, 0.717) is 12.2 Å². The SMILES string of the molecule is O=C1OCCc2ccc(CO)cc21. The number of hydrogen-bond donors (Lipinski definition) is 1. The van der Waals surface area contributed by atoms with E-state index in [0.717, 1.165) is 17.5 Å². The fourth-order valence-electron chi connectivity index (χ4n) is 1.46. The van der Waals surface area contributed by atoms with Gasteiger partial charge in [0.2, 0.25) is 0 Å². The van der Waals surface area contributed by atoms with E-state index in [1.807, 2.05) is 12.1 Å². The van der Waals surface area contributed by atoms with E-state index in [4.69, 9.17) is 9.84 Å². The van der Waals surface area contributed by atoms with Crippen LogP contribution in [0.5, 0.6) is 0 Å². The largest absolute Gasteiger partial charge is 0.462 e. The monoisotopic (exact) mass is 178 g/mol. The van der Waals surface area contributed by atoms with Gasteiger partial charge in [0.25, 0.3) is 0 Å². The zero-order chi connectivity index (χ0) is 9.26. The zero-order valence-corrected chi connectivity index (χ0v) is 7.12. The number of hydrogen-bond acceptors (Lipinski definition) is 3. The van der Waals surface area contributed by atoms with Crippen molar-refractivity contribution in [3.05, 3.63) is 34.9 Å². The van der Waals surface area contributed by atoms with Gasteiger partial charge in [-0.25, -0.2) is 4.79 Å².